The Morgan fingerprint density at radius 3 is 1.23 bits per heavy atom. The highest BCUT2D eigenvalue weighted by Gasteiger charge is 2.43. The lowest BCUT2D eigenvalue weighted by Gasteiger charge is -2.19. The van der Waals surface area contributed by atoms with Gasteiger partial charge in [-0.3, -0.25) is 19.6 Å². The van der Waals surface area contributed by atoms with Gasteiger partial charge in [-0.1, -0.05) is 0 Å². The molecular formula is C18H22N2O8S2. The SMILES string of the molecule is CC(C)(C(=O)O)S(=O)(=O)c1cccnc1.CC(C)(C(=O)O)S(=O)(=O)c1cccnc1. The van der Waals surface area contributed by atoms with E-state index in [1.54, 1.807) is 0 Å². The molecular weight excluding hydrogens is 436 g/mol. The molecule has 2 N–H and O–H groups in total. The van der Waals surface area contributed by atoms with Gasteiger partial charge in [0, 0.05) is 24.8 Å². The lowest BCUT2D eigenvalue weighted by molar-refractivity contribution is -0.140. The Labute approximate surface area is 174 Å². The number of aliphatic carboxylic acids is 2. The Morgan fingerprint density at radius 1 is 0.733 bits per heavy atom. The predicted octanol–water partition coefficient (Wildman–Crippen LogP) is 1.44. The van der Waals surface area contributed by atoms with Crippen molar-refractivity contribution in [1.29, 1.82) is 0 Å². The zero-order valence-electron chi connectivity index (χ0n) is 16.7. The van der Waals surface area contributed by atoms with Crippen molar-refractivity contribution in [3.8, 4) is 0 Å². The van der Waals surface area contributed by atoms with Gasteiger partial charge in [0.15, 0.2) is 29.2 Å². The van der Waals surface area contributed by atoms with Crippen LogP contribution in [0.3, 0.4) is 0 Å². The normalized spacial score (nSPS) is 12.4. The Bertz CT molecular complexity index is 1020. The van der Waals surface area contributed by atoms with Crippen molar-refractivity contribution in [1.82, 2.24) is 9.97 Å². The summed E-state index contributed by atoms with van der Waals surface area (Å²) in [5, 5.41) is 17.7. The predicted molar refractivity (Wildman–Crippen MR) is 106 cm³/mol. The van der Waals surface area contributed by atoms with Crippen LogP contribution in [0.4, 0.5) is 0 Å². The van der Waals surface area contributed by atoms with Crippen LogP contribution in [0.25, 0.3) is 0 Å². The van der Waals surface area contributed by atoms with Crippen molar-refractivity contribution in [2.45, 2.75) is 47.0 Å². The highest BCUT2D eigenvalue weighted by Crippen LogP contribution is 2.25. The third kappa shape index (κ3) is 4.82. The smallest absolute Gasteiger partial charge is 0.324 e. The number of hydrogen-bond donors (Lipinski definition) is 2. The zero-order valence-corrected chi connectivity index (χ0v) is 18.3. The minimum atomic E-state index is -3.90. The van der Waals surface area contributed by atoms with Crippen molar-refractivity contribution < 1.29 is 36.6 Å². The molecule has 10 nitrogen and oxygen atoms in total. The van der Waals surface area contributed by atoms with Gasteiger partial charge in [0.05, 0.1) is 9.79 Å². The van der Waals surface area contributed by atoms with Crippen LogP contribution >= 0.6 is 0 Å². The molecule has 0 fully saturated rings. The monoisotopic (exact) mass is 458 g/mol. The summed E-state index contributed by atoms with van der Waals surface area (Å²) in [5.41, 5.74) is 0. The van der Waals surface area contributed by atoms with Crippen LogP contribution in [0.2, 0.25) is 0 Å². The first-order valence-electron chi connectivity index (χ1n) is 8.36. The highest BCUT2D eigenvalue weighted by atomic mass is 32.2. The number of hydrogen-bond acceptors (Lipinski definition) is 8. The van der Waals surface area contributed by atoms with Crippen LogP contribution in [0.15, 0.2) is 58.8 Å². The quantitative estimate of drug-likeness (QED) is 0.646. The van der Waals surface area contributed by atoms with Crippen LogP contribution in [-0.2, 0) is 29.3 Å². The molecule has 0 spiro atoms. The van der Waals surface area contributed by atoms with E-state index in [2.05, 4.69) is 9.97 Å². The minimum Gasteiger partial charge on any atom is -0.480 e. The summed E-state index contributed by atoms with van der Waals surface area (Å²) in [5.74, 6) is -2.77. The van der Waals surface area contributed by atoms with Gasteiger partial charge in [-0.2, -0.15) is 0 Å². The third-order valence-electron chi connectivity index (χ3n) is 4.26. The summed E-state index contributed by atoms with van der Waals surface area (Å²) in [6.45, 7) is 4.60. The maximum absolute atomic E-state index is 11.9. The highest BCUT2D eigenvalue weighted by molar-refractivity contribution is 7.93. The second-order valence-electron chi connectivity index (χ2n) is 7.02. The van der Waals surface area contributed by atoms with E-state index in [0.29, 0.717) is 0 Å². The summed E-state index contributed by atoms with van der Waals surface area (Å²) in [7, 11) is -7.80. The largest absolute Gasteiger partial charge is 0.480 e. The molecule has 164 valence electrons. The Morgan fingerprint density at radius 2 is 1.03 bits per heavy atom. The Hall–Kier alpha value is -2.86. The van der Waals surface area contributed by atoms with Gasteiger partial charge >= 0.3 is 11.9 Å². The van der Waals surface area contributed by atoms with Crippen molar-refractivity contribution in [2.24, 2.45) is 0 Å². The van der Waals surface area contributed by atoms with E-state index in [9.17, 15) is 26.4 Å². The van der Waals surface area contributed by atoms with Gasteiger partial charge in [-0.25, -0.2) is 16.8 Å². The van der Waals surface area contributed by atoms with E-state index in [1.807, 2.05) is 0 Å². The molecule has 0 aliphatic heterocycles. The Kier molecular flexibility index (Phi) is 7.45. The van der Waals surface area contributed by atoms with E-state index in [0.717, 1.165) is 40.1 Å². The number of carboxylic acid groups (broad SMARTS) is 2. The van der Waals surface area contributed by atoms with Crippen LogP contribution in [0.5, 0.6) is 0 Å². The maximum Gasteiger partial charge on any atom is 0.324 e. The van der Waals surface area contributed by atoms with Gasteiger partial charge in [-0.15, -0.1) is 0 Å². The lowest BCUT2D eigenvalue weighted by atomic mass is 10.2. The summed E-state index contributed by atoms with van der Waals surface area (Å²) in [6.07, 6.45) is 5.12. The standard InChI is InChI=1S/2C9H11NO4S/c2*1-9(2,8(11)12)15(13,14)7-4-3-5-10-6-7/h2*3-6H,1-2H3,(H,11,12). The first-order valence-corrected chi connectivity index (χ1v) is 11.3. The number of pyridine rings is 2. The lowest BCUT2D eigenvalue weighted by Crippen LogP contribution is -2.40. The number of carbonyl (C=O) groups is 2. The molecule has 0 atom stereocenters. The van der Waals surface area contributed by atoms with Gasteiger partial charge < -0.3 is 10.2 Å². The molecule has 2 heterocycles. The van der Waals surface area contributed by atoms with E-state index in [-0.39, 0.29) is 9.79 Å². The van der Waals surface area contributed by atoms with Gasteiger partial charge in [0.1, 0.15) is 0 Å². The first-order chi connectivity index (χ1) is 13.6. The fraction of sp³-hybridized carbons (Fsp3) is 0.333. The fourth-order valence-corrected chi connectivity index (χ4v) is 4.38. The molecule has 30 heavy (non-hydrogen) atoms. The van der Waals surface area contributed by atoms with Gasteiger partial charge in [0.2, 0.25) is 0 Å². The number of aromatic nitrogens is 2. The number of sulfone groups is 2. The van der Waals surface area contributed by atoms with E-state index in [4.69, 9.17) is 10.2 Å². The summed E-state index contributed by atoms with van der Waals surface area (Å²) < 4.78 is 43.8. The van der Waals surface area contributed by atoms with Crippen molar-refractivity contribution in [3.05, 3.63) is 49.1 Å². The van der Waals surface area contributed by atoms with Crippen molar-refractivity contribution >= 4 is 31.6 Å². The maximum atomic E-state index is 11.9. The van der Waals surface area contributed by atoms with Crippen LogP contribution in [0.1, 0.15) is 27.7 Å². The first kappa shape index (κ1) is 25.2. The van der Waals surface area contributed by atoms with E-state index >= 15 is 0 Å². The fourth-order valence-electron chi connectivity index (χ4n) is 1.83. The molecule has 0 amide bonds. The topological polar surface area (TPSA) is 169 Å². The molecule has 0 radical (unpaired) electrons. The average Bonchev–Trinajstić information content (AvgIpc) is 2.69. The number of nitrogens with zero attached hydrogens (tertiary/aromatic N) is 2. The Balaban J connectivity index is 0.000000300. The number of carboxylic acids is 2. The van der Waals surface area contributed by atoms with Gasteiger partial charge in [0.25, 0.3) is 0 Å². The molecule has 0 aliphatic carbocycles. The van der Waals surface area contributed by atoms with Crippen molar-refractivity contribution in [2.75, 3.05) is 0 Å². The molecule has 2 rings (SSSR count). The molecule has 2 aromatic rings. The number of rotatable bonds is 6. The minimum absolute atomic E-state index is 0.0857. The third-order valence-corrected chi connectivity index (χ3v) is 9.02. The second-order valence-corrected chi connectivity index (χ2v) is 12.0. The van der Waals surface area contributed by atoms with Crippen molar-refractivity contribution in [3.63, 3.8) is 0 Å². The van der Waals surface area contributed by atoms with Gasteiger partial charge in [-0.05, 0) is 52.0 Å². The average molecular weight is 459 g/mol. The molecule has 0 saturated carbocycles. The molecule has 2 aromatic heterocycles. The molecule has 12 heteroatoms. The molecule has 0 aliphatic rings. The van der Waals surface area contributed by atoms with Crippen LogP contribution in [0, 0.1) is 0 Å². The summed E-state index contributed by atoms with van der Waals surface area (Å²) in [4.78, 5) is 28.8. The molecule has 0 aromatic carbocycles. The molecule has 0 saturated heterocycles. The summed E-state index contributed by atoms with van der Waals surface area (Å²) in [6, 6.07) is 5.55. The molecule has 0 unspecified atom stereocenters. The second kappa shape index (κ2) is 8.88. The zero-order chi connectivity index (χ0) is 23.4. The van der Waals surface area contributed by atoms with E-state index < -0.39 is 41.1 Å². The van der Waals surface area contributed by atoms with E-state index in [1.165, 1.54) is 36.7 Å². The summed E-state index contributed by atoms with van der Waals surface area (Å²) >= 11 is 0. The molecule has 0 bridgehead atoms. The van der Waals surface area contributed by atoms with Crippen LogP contribution < -0.4 is 0 Å². The van der Waals surface area contributed by atoms with Crippen LogP contribution in [-0.4, -0.2) is 58.4 Å².